The Labute approximate surface area is 132 Å². The number of thiazole rings is 1. The molecule has 3 aromatic heterocycles. The zero-order valence-corrected chi connectivity index (χ0v) is 13.3. The van der Waals surface area contributed by atoms with Gasteiger partial charge >= 0.3 is 0 Å². The summed E-state index contributed by atoms with van der Waals surface area (Å²) in [4.78, 5) is 16.9. The van der Waals surface area contributed by atoms with Crippen molar-refractivity contribution in [1.82, 2.24) is 14.6 Å². The van der Waals surface area contributed by atoms with E-state index >= 15 is 0 Å². The molecule has 3 aromatic rings. The molecule has 114 valence electrons. The Bertz CT molecular complexity index is 836. The van der Waals surface area contributed by atoms with Crippen LogP contribution in [0.3, 0.4) is 0 Å². The van der Waals surface area contributed by atoms with Gasteiger partial charge in [0.15, 0.2) is 0 Å². The Morgan fingerprint density at radius 3 is 3.00 bits per heavy atom. The second kappa shape index (κ2) is 5.86. The highest BCUT2D eigenvalue weighted by atomic mass is 32.1. The van der Waals surface area contributed by atoms with Gasteiger partial charge in [0.2, 0.25) is 0 Å². The fourth-order valence-electron chi connectivity index (χ4n) is 2.22. The maximum Gasteiger partial charge on any atom is 0.260 e. The molecule has 0 saturated carbocycles. The Kier molecular flexibility index (Phi) is 3.91. The standard InChI is InChI=1S/C15H17N5OS/c1-3-13-18-9(2)15(22-13)19-14(21)11-8-17-20-5-4-10(7-16)6-12(11)20/h4-6,8H,3,7,16H2,1-2H3,(H,19,21). The van der Waals surface area contributed by atoms with E-state index in [4.69, 9.17) is 5.73 Å². The van der Waals surface area contributed by atoms with Gasteiger partial charge in [-0.25, -0.2) is 9.50 Å². The first-order valence-corrected chi connectivity index (χ1v) is 7.88. The zero-order chi connectivity index (χ0) is 15.7. The molecule has 0 aliphatic rings. The van der Waals surface area contributed by atoms with Crippen molar-refractivity contribution in [3.05, 3.63) is 46.4 Å². The lowest BCUT2D eigenvalue weighted by Crippen LogP contribution is -2.11. The first-order valence-electron chi connectivity index (χ1n) is 7.06. The van der Waals surface area contributed by atoms with Gasteiger partial charge in [-0.1, -0.05) is 6.92 Å². The predicted octanol–water partition coefficient (Wildman–Crippen LogP) is 2.37. The fourth-order valence-corrected chi connectivity index (χ4v) is 3.12. The van der Waals surface area contributed by atoms with Crippen molar-refractivity contribution in [1.29, 1.82) is 0 Å². The monoisotopic (exact) mass is 315 g/mol. The molecule has 0 unspecified atom stereocenters. The lowest BCUT2D eigenvalue weighted by Gasteiger charge is -2.03. The molecular formula is C15H17N5OS. The van der Waals surface area contributed by atoms with Crippen LogP contribution in [0.4, 0.5) is 5.00 Å². The van der Waals surface area contributed by atoms with Crippen LogP contribution >= 0.6 is 11.3 Å². The average molecular weight is 315 g/mol. The van der Waals surface area contributed by atoms with Crippen LogP contribution in [0.25, 0.3) is 5.52 Å². The van der Waals surface area contributed by atoms with Crippen molar-refractivity contribution in [3.63, 3.8) is 0 Å². The largest absolute Gasteiger partial charge is 0.326 e. The third kappa shape index (κ3) is 2.60. The smallest absolute Gasteiger partial charge is 0.260 e. The first-order chi connectivity index (χ1) is 10.6. The Balaban J connectivity index is 1.93. The fraction of sp³-hybridized carbons (Fsp3) is 0.267. The van der Waals surface area contributed by atoms with Crippen molar-refractivity contribution in [2.75, 3.05) is 5.32 Å². The predicted molar refractivity (Wildman–Crippen MR) is 87.3 cm³/mol. The van der Waals surface area contributed by atoms with E-state index in [-0.39, 0.29) is 5.91 Å². The van der Waals surface area contributed by atoms with E-state index in [0.29, 0.717) is 12.1 Å². The molecule has 3 heterocycles. The molecule has 0 aliphatic carbocycles. The summed E-state index contributed by atoms with van der Waals surface area (Å²) < 4.78 is 1.67. The number of nitrogens with one attached hydrogen (secondary N) is 1. The van der Waals surface area contributed by atoms with E-state index in [1.54, 1.807) is 16.9 Å². The lowest BCUT2D eigenvalue weighted by atomic mass is 10.2. The molecule has 22 heavy (non-hydrogen) atoms. The number of aryl methyl sites for hydroxylation is 2. The molecular weight excluding hydrogens is 298 g/mol. The highest BCUT2D eigenvalue weighted by Gasteiger charge is 2.16. The summed E-state index contributed by atoms with van der Waals surface area (Å²) in [6.07, 6.45) is 4.24. The Morgan fingerprint density at radius 2 is 2.32 bits per heavy atom. The summed E-state index contributed by atoms with van der Waals surface area (Å²) in [6.45, 7) is 4.37. The second-order valence-electron chi connectivity index (χ2n) is 4.96. The van der Waals surface area contributed by atoms with Gasteiger partial charge in [0.1, 0.15) is 5.00 Å². The normalized spacial score (nSPS) is 11.0. The molecule has 1 amide bonds. The SMILES string of the molecule is CCc1nc(C)c(NC(=O)c2cnn3ccc(CN)cc23)s1. The van der Waals surface area contributed by atoms with Crippen LogP contribution in [0, 0.1) is 6.92 Å². The quantitative estimate of drug-likeness (QED) is 0.774. The number of hydrogen-bond acceptors (Lipinski definition) is 5. The number of nitrogens with two attached hydrogens (primary N) is 1. The second-order valence-corrected chi connectivity index (χ2v) is 6.04. The summed E-state index contributed by atoms with van der Waals surface area (Å²) in [7, 11) is 0. The van der Waals surface area contributed by atoms with Gasteiger partial charge in [-0.15, -0.1) is 11.3 Å². The molecule has 0 spiro atoms. The highest BCUT2D eigenvalue weighted by Crippen LogP contribution is 2.25. The summed E-state index contributed by atoms with van der Waals surface area (Å²) in [5.74, 6) is -0.182. The third-order valence-corrected chi connectivity index (χ3v) is 4.65. The van der Waals surface area contributed by atoms with Crippen LogP contribution in [0.5, 0.6) is 0 Å². The number of aromatic nitrogens is 3. The topological polar surface area (TPSA) is 85.3 Å². The number of rotatable bonds is 4. The maximum atomic E-state index is 12.5. The van der Waals surface area contributed by atoms with Crippen LogP contribution < -0.4 is 11.1 Å². The van der Waals surface area contributed by atoms with Gasteiger partial charge in [-0.3, -0.25) is 4.79 Å². The molecule has 0 atom stereocenters. The maximum absolute atomic E-state index is 12.5. The van der Waals surface area contributed by atoms with Crippen LogP contribution in [0.15, 0.2) is 24.5 Å². The van der Waals surface area contributed by atoms with Crippen LogP contribution in [0.1, 0.15) is 33.5 Å². The summed E-state index contributed by atoms with van der Waals surface area (Å²) in [6, 6.07) is 3.78. The van der Waals surface area contributed by atoms with Gasteiger partial charge in [-0.05, 0) is 31.0 Å². The number of amides is 1. The van der Waals surface area contributed by atoms with Gasteiger partial charge in [0.25, 0.3) is 5.91 Å². The van der Waals surface area contributed by atoms with Gasteiger partial charge in [0.05, 0.1) is 28.0 Å². The van der Waals surface area contributed by atoms with Gasteiger partial charge in [-0.2, -0.15) is 5.10 Å². The van der Waals surface area contributed by atoms with Crippen LogP contribution in [-0.4, -0.2) is 20.5 Å². The molecule has 0 aromatic carbocycles. The minimum absolute atomic E-state index is 0.182. The van der Waals surface area contributed by atoms with E-state index in [2.05, 4.69) is 15.4 Å². The highest BCUT2D eigenvalue weighted by molar-refractivity contribution is 7.16. The minimum atomic E-state index is -0.182. The Hall–Kier alpha value is -2.25. The van der Waals surface area contributed by atoms with Crippen molar-refractivity contribution < 1.29 is 4.79 Å². The molecule has 0 aliphatic heterocycles. The first kappa shape index (κ1) is 14.7. The summed E-state index contributed by atoms with van der Waals surface area (Å²) >= 11 is 1.51. The van der Waals surface area contributed by atoms with E-state index in [1.807, 2.05) is 26.0 Å². The number of anilines is 1. The van der Waals surface area contributed by atoms with Crippen LogP contribution in [0.2, 0.25) is 0 Å². The molecule has 0 bridgehead atoms. The van der Waals surface area contributed by atoms with Gasteiger partial charge < -0.3 is 11.1 Å². The lowest BCUT2D eigenvalue weighted by molar-refractivity contribution is 0.102. The van der Waals surface area contributed by atoms with E-state index in [0.717, 1.165) is 33.2 Å². The number of carbonyl (C=O) groups excluding carboxylic acids is 1. The van der Waals surface area contributed by atoms with Gasteiger partial charge in [0, 0.05) is 12.7 Å². The minimum Gasteiger partial charge on any atom is -0.326 e. The van der Waals surface area contributed by atoms with Crippen molar-refractivity contribution >= 4 is 27.8 Å². The molecule has 0 saturated heterocycles. The summed E-state index contributed by atoms with van der Waals surface area (Å²) in [5, 5.41) is 8.93. The average Bonchev–Trinajstić information content (AvgIpc) is 3.10. The summed E-state index contributed by atoms with van der Waals surface area (Å²) in [5.41, 5.74) is 8.74. The third-order valence-electron chi connectivity index (χ3n) is 3.44. The molecule has 0 radical (unpaired) electrons. The van der Waals surface area contributed by atoms with Crippen molar-refractivity contribution in [2.45, 2.75) is 26.8 Å². The number of fused-ring (bicyclic) bond motifs is 1. The van der Waals surface area contributed by atoms with Crippen molar-refractivity contribution in [3.8, 4) is 0 Å². The molecule has 0 fully saturated rings. The molecule has 3 N–H and O–H groups in total. The van der Waals surface area contributed by atoms with E-state index in [1.165, 1.54) is 11.3 Å². The molecule has 3 rings (SSSR count). The number of pyridine rings is 1. The van der Waals surface area contributed by atoms with Crippen molar-refractivity contribution in [2.24, 2.45) is 5.73 Å². The molecule has 6 nitrogen and oxygen atoms in total. The van der Waals surface area contributed by atoms with Crippen LogP contribution in [-0.2, 0) is 13.0 Å². The number of nitrogens with zero attached hydrogens (tertiary/aromatic N) is 3. The van der Waals surface area contributed by atoms with E-state index < -0.39 is 0 Å². The zero-order valence-electron chi connectivity index (χ0n) is 12.5. The number of carbonyl (C=O) groups is 1. The molecule has 7 heteroatoms. The Morgan fingerprint density at radius 1 is 1.50 bits per heavy atom. The van der Waals surface area contributed by atoms with E-state index in [9.17, 15) is 4.79 Å². The number of hydrogen-bond donors (Lipinski definition) is 2.